The van der Waals surface area contributed by atoms with Crippen molar-refractivity contribution in [2.45, 2.75) is 25.3 Å². The van der Waals surface area contributed by atoms with Gasteiger partial charge < -0.3 is 5.73 Å². The van der Waals surface area contributed by atoms with Crippen LogP contribution in [-0.2, 0) is 6.42 Å². The second-order valence-electron chi connectivity index (χ2n) is 3.43. The average Bonchev–Trinajstić information content (AvgIpc) is 2.12. The van der Waals surface area contributed by atoms with E-state index in [1.165, 1.54) is 6.07 Å². The van der Waals surface area contributed by atoms with Gasteiger partial charge in [0.1, 0.15) is 5.82 Å². The van der Waals surface area contributed by atoms with Crippen LogP contribution >= 0.6 is 15.9 Å². The Morgan fingerprint density at radius 2 is 2.23 bits per heavy atom. The molecule has 2 rings (SSSR count). The Hall–Kier alpha value is -0.410. The molecule has 13 heavy (non-hydrogen) atoms. The molecule has 0 radical (unpaired) electrons. The third-order valence-electron chi connectivity index (χ3n) is 2.57. The maximum atomic E-state index is 13.1. The highest BCUT2D eigenvalue weighted by Crippen LogP contribution is 2.34. The van der Waals surface area contributed by atoms with E-state index in [-0.39, 0.29) is 11.9 Å². The molecule has 1 atom stereocenters. The van der Waals surface area contributed by atoms with Gasteiger partial charge >= 0.3 is 0 Å². The van der Waals surface area contributed by atoms with E-state index >= 15 is 0 Å². The number of fused-ring (bicyclic) bond motifs is 1. The molecule has 0 amide bonds. The van der Waals surface area contributed by atoms with E-state index in [1.54, 1.807) is 6.07 Å². The summed E-state index contributed by atoms with van der Waals surface area (Å²) in [4.78, 5) is 0. The van der Waals surface area contributed by atoms with Gasteiger partial charge in [-0.3, -0.25) is 0 Å². The quantitative estimate of drug-likeness (QED) is 0.746. The number of hydrogen-bond donors (Lipinski definition) is 1. The van der Waals surface area contributed by atoms with Gasteiger partial charge in [0.2, 0.25) is 0 Å². The summed E-state index contributed by atoms with van der Waals surface area (Å²) in [5.74, 6) is -0.187. The number of nitrogens with two attached hydrogens (primary N) is 1. The summed E-state index contributed by atoms with van der Waals surface area (Å²) in [5, 5.41) is 0. The van der Waals surface area contributed by atoms with Gasteiger partial charge in [-0.2, -0.15) is 0 Å². The Bertz CT molecular complexity index is 338. The first-order valence-corrected chi connectivity index (χ1v) is 5.22. The highest BCUT2D eigenvalue weighted by Gasteiger charge is 2.20. The van der Waals surface area contributed by atoms with Crippen molar-refractivity contribution >= 4 is 15.9 Å². The molecular weight excluding hydrogens is 233 g/mol. The fourth-order valence-electron chi connectivity index (χ4n) is 1.86. The summed E-state index contributed by atoms with van der Waals surface area (Å²) < 4.78 is 13.7. The Kier molecular flexibility index (Phi) is 2.39. The Labute approximate surface area is 85.3 Å². The summed E-state index contributed by atoms with van der Waals surface area (Å²) >= 11 is 3.26. The number of halogens is 2. The SMILES string of the molecule is NC1CCCc2c1ccc(F)c2Br. The maximum absolute atomic E-state index is 13.1. The van der Waals surface area contributed by atoms with Crippen molar-refractivity contribution in [1.29, 1.82) is 0 Å². The van der Waals surface area contributed by atoms with Gasteiger partial charge in [0, 0.05) is 6.04 Å². The van der Waals surface area contributed by atoms with Crippen molar-refractivity contribution in [3.8, 4) is 0 Å². The Morgan fingerprint density at radius 1 is 1.46 bits per heavy atom. The first-order chi connectivity index (χ1) is 6.20. The van der Waals surface area contributed by atoms with Crippen LogP contribution in [0.5, 0.6) is 0 Å². The van der Waals surface area contributed by atoms with Crippen molar-refractivity contribution in [3.63, 3.8) is 0 Å². The molecule has 0 aliphatic heterocycles. The topological polar surface area (TPSA) is 26.0 Å². The highest BCUT2D eigenvalue weighted by molar-refractivity contribution is 9.10. The van der Waals surface area contributed by atoms with Crippen molar-refractivity contribution in [2.75, 3.05) is 0 Å². The zero-order chi connectivity index (χ0) is 9.42. The van der Waals surface area contributed by atoms with Crippen LogP contribution < -0.4 is 5.73 Å². The van der Waals surface area contributed by atoms with Gasteiger partial charge in [0.05, 0.1) is 4.47 Å². The fraction of sp³-hybridized carbons (Fsp3) is 0.400. The standard InChI is InChI=1S/C10H11BrFN/c11-10-7-2-1-3-9(13)6(7)4-5-8(10)12/h4-5,9H,1-3,13H2. The molecule has 1 nitrogen and oxygen atoms in total. The Morgan fingerprint density at radius 3 is 3.00 bits per heavy atom. The smallest absolute Gasteiger partial charge is 0.137 e. The molecule has 1 unspecified atom stereocenters. The predicted molar refractivity (Wildman–Crippen MR) is 54.0 cm³/mol. The van der Waals surface area contributed by atoms with E-state index in [9.17, 15) is 4.39 Å². The minimum Gasteiger partial charge on any atom is -0.324 e. The van der Waals surface area contributed by atoms with E-state index in [4.69, 9.17) is 5.73 Å². The van der Waals surface area contributed by atoms with Crippen molar-refractivity contribution in [1.82, 2.24) is 0 Å². The van der Waals surface area contributed by atoms with Crippen LogP contribution in [0.3, 0.4) is 0 Å². The summed E-state index contributed by atoms with van der Waals surface area (Å²) in [6, 6.07) is 3.37. The first kappa shape index (κ1) is 9.16. The molecule has 0 bridgehead atoms. The van der Waals surface area contributed by atoms with Crippen LogP contribution in [0.1, 0.15) is 30.0 Å². The van der Waals surface area contributed by atoms with Crippen LogP contribution in [0.4, 0.5) is 4.39 Å². The normalized spacial score (nSPS) is 21.3. The lowest BCUT2D eigenvalue weighted by atomic mass is 9.88. The summed E-state index contributed by atoms with van der Waals surface area (Å²) in [5.41, 5.74) is 8.07. The molecular formula is C10H11BrFN. The van der Waals surface area contributed by atoms with Crippen molar-refractivity contribution in [3.05, 3.63) is 33.5 Å². The molecule has 2 N–H and O–H groups in total. The molecule has 0 spiro atoms. The zero-order valence-corrected chi connectivity index (χ0v) is 8.77. The molecule has 1 aromatic rings. The number of benzene rings is 1. The van der Waals surface area contributed by atoms with Gasteiger partial charge in [-0.25, -0.2) is 4.39 Å². The van der Waals surface area contributed by atoms with E-state index in [1.807, 2.05) is 0 Å². The lowest BCUT2D eigenvalue weighted by Gasteiger charge is -2.23. The minimum absolute atomic E-state index is 0.0839. The molecule has 0 saturated heterocycles. The monoisotopic (exact) mass is 243 g/mol. The lowest BCUT2D eigenvalue weighted by molar-refractivity contribution is 0.556. The first-order valence-electron chi connectivity index (χ1n) is 4.42. The van der Waals surface area contributed by atoms with E-state index in [0.29, 0.717) is 4.47 Å². The van der Waals surface area contributed by atoms with E-state index < -0.39 is 0 Å². The molecule has 1 aliphatic rings. The molecule has 0 heterocycles. The van der Waals surface area contributed by atoms with Gasteiger partial charge in [-0.15, -0.1) is 0 Å². The van der Waals surface area contributed by atoms with Gasteiger partial charge in [-0.05, 0) is 52.4 Å². The van der Waals surface area contributed by atoms with Crippen LogP contribution in [0.2, 0.25) is 0 Å². The second-order valence-corrected chi connectivity index (χ2v) is 4.22. The average molecular weight is 244 g/mol. The van der Waals surface area contributed by atoms with Crippen LogP contribution in [0.25, 0.3) is 0 Å². The molecule has 3 heteroatoms. The summed E-state index contributed by atoms with van der Waals surface area (Å²) in [7, 11) is 0. The zero-order valence-electron chi connectivity index (χ0n) is 7.19. The van der Waals surface area contributed by atoms with Crippen molar-refractivity contribution < 1.29 is 4.39 Å². The third-order valence-corrected chi connectivity index (χ3v) is 3.43. The summed E-state index contributed by atoms with van der Waals surface area (Å²) in [6.45, 7) is 0. The van der Waals surface area contributed by atoms with E-state index in [2.05, 4.69) is 15.9 Å². The van der Waals surface area contributed by atoms with Crippen LogP contribution in [-0.4, -0.2) is 0 Å². The molecule has 0 fully saturated rings. The lowest BCUT2D eigenvalue weighted by Crippen LogP contribution is -2.18. The van der Waals surface area contributed by atoms with Gasteiger partial charge in [0.25, 0.3) is 0 Å². The molecule has 70 valence electrons. The van der Waals surface area contributed by atoms with Crippen molar-refractivity contribution in [2.24, 2.45) is 5.73 Å². The molecule has 1 aliphatic carbocycles. The third kappa shape index (κ3) is 1.51. The summed E-state index contributed by atoms with van der Waals surface area (Å²) in [6.07, 6.45) is 2.99. The van der Waals surface area contributed by atoms with Crippen LogP contribution in [0.15, 0.2) is 16.6 Å². The maximum Gasteiger partial charge on any atom is 0.137 e. The molecule has 0 saturated carbocycles. The second kappa shape index (κ2) is 3.39. The van der Waals surface area contributed by atoms with E-state index in [0.717, 1.165) is 30.4 Å². The minimum atomic E-state index is -0.187. The molecule has 1 aromatic carbocycles. The number of rotatable bonds is 0. The Balaban J connectivity index is 2.56. The number of hydrogen-bond acceptors (Lipinski definition) is 1. The predicted octanol–water partition coefficient (Wildman–Crippen LogP) is 2.92. The molecule has 0 aromatic heterocycles. The highest BCUT2D eigenvalue weighted by atomic mass is 79.9. The largest absolute Gasteiger partial charge is 0.324 e. The van der Waals surface area contributed by atoms with Gasteiger partial charge in [-0.1, -0.05) is 6.07 Å². The fourth-order valence-corrected chi connectivity index (χ4v) is 2.42. The van der Waals surface area contributed by atoms with Crippen LogP contribution in [0, 0.1) is 5.82 Å². The van der Waals surface area contributed by atoms with Gasteiger partial charge in [0.15, 0.2) is 0 Å².